The second-order valence-electron chi connectivity index (χ2n) is 6.24. The molecule has 11 heteroatoms. The summed E-state index contributed by atoms with van der Waals surface area (Å²) < 4.78 is 19.8. The molecule has 0 bridgehead atoms. The number of hydrogen-bond acceptors (Lipinski definition) is 9. The van der Waals surface area contributed by atoms with Crippen molar-refractivity contribution < 1.29 is 29.2 Å². The molecule has 4 rings (SSSR count). The predicted molar refractivity (Wildman–Crippen MR) is 92.6 cm³/mol. The van der Waals surface area contributed by atoms with Crippen molar-refractivity contribution in [3.05, 3.63) is 48.0 Å². The smallest absolute Gasteiger partial charge is 0.230 e. The van der Waals surface area contributed by atoms with Gasteiger partial charge in [0, 0.05) is 5.56 Å². The number of carbonyl (C=O) groups is 1. The summed E-state index contributed by atoms with van der Waals surface area (Å²) in [4.78, 5) is 28.8. The first-order valence-corrected chi connectivity index (χ1v) is 8.36. The molecule has 146 valence electrons. The van der Waals surface area contributed by atoms with E-state index in [1.54, 1.807) is 30.3 Å². The first kappa shape index (κ1) is 18.4. The summed E-state index contributed by atoms with van der Waals surface area (Å²) in [5.41, 5.74) is 6.56. The van der Waals surface area contributed by atoms with E-state index in [0.29, 0.717) is 5.56 Å². The average molecular weight is 389 g/mol. The molecule has 2 aromatic heterocycles. The van der Waals surface area contributed by atoms with Crippen molar-refractivity contribution in [2.24, 2.45) is 0 Å². The molecule has 3 aromatic rings. The van der Waals surface area contributed by atoms with E-state index in [0.717, 1.165) is 0 Å². The zero-order valence-corrected chi connectivity index (χ0v) is 14.3. The van der Waals surface area contributed by atoms with E-state index in [4.69, 9.17) is 10.5 Å². The number of aliphatic hydroxyl groups is 2. The molecule has 0 unspecified atom stereocenters. The van der Waals surface area contributed by atoms with E-state index >= 15 is 0 Å². The maximum atomic E-state index is 13.0. The van der Waals surface area contributed by atoms with Gasteiger partial charge in [0.05, 0.1) is 12.9 Å². The number of hydrogen-bond donors (Lipinski definition) is 3. The van der Waals surface area contributed by atoms with Gasteiger partial charge in [0.15, 0.2) is 23.8 Å². The lowest BCUT2D eigenvalue weighted by atomic mass is 10.1. The number of halogens is 1. The highest BCUT2D eigenvalue weighted by molar-refractivity contribution is 6.07. The summed E-state index contributed by atoms with van der Waals surface area (Å²) in [6.45, 7) is -0.543. The van der Waals surface area contributed by atoms with Gasteiger partial charge in [-0.3, -0.25) is 9.36 Å². The first-order chi connectivity index (χ1) is 13.5. The van der Waals surface area contributed by atoms with Crippen LogP contribution in [0.3, 0.4) is 0 Å². The second-order valence-corrected chi connectivity index (χ2v) is 6.24. The van der Waals surface area contributed by atoms with Gasteiger partial charge in [0.2, 0.25) is 11.6 Å². The number of ketones is 1. The normalized spacial score (nSPS) is 24.7. The molecule has 0 radical (unpaired) electrons. The lowest BCUT2D eigenvalue weighted by molar-refractivity contribution is -0.220. The molecule has 28 heavy (non-hydrogen) atoms. The molecule has 1 aliphatic rings. The Balaban J connectivity index is 1.79. The fourth-order valence-corrected chi connectivity index (χ4v) is 3.13. The molecule has 4 atom stereocenters. The number of aliphatic hydroxyl groups excluding tert-OH is 2. The second kappa shape index (κ2) is 7.20. The average Bonchev–Trinajstić information content (AvgIpc) is 3.28. The van der Waals surface area contributed by atoms with Gasteiger partial charge in [-0.15, -0.1) is 0 Å². The summed E-state index contributed by atoms with van der Waals surface area (Å²) >= 11 is 0. The zero-order valence-electron chi connectivity index (χ0n) is 14.3. The minimum Gasteiger partial charge on any atom is -0.394 e. The summed E-state index contributed by atoms with van der Waals surface area (Å²) in [5, 5.41) is 19.3. The van der Waals surface area contributed by atoms with Gasteiger partial charge in [-0.2, -0.15) is 4.94 Å². The predicted octanol–water partition coefficient (Wildman–Crippen LogP) is 0.160. The topological polar surface area (TPSA) is 146 Å². The first-order valence-electron chi connectivity index (χ1n) is 8.36. The molecule has 3 heterocycles. The van der Waals surface area contributed by atoms with Crippen LogP contribution in [-0.2, 0) is 9.68 Å². The van der Waals surface area contributed by atoms with Crippen LogP contribution >= 0.6 is 0 Å². The number of anilines is 1. The van der Waals surface area contributed by atoms with Gasteiger partial charge in [-0.25, -0.2) is 15.0 Å². The number of carbonyl (C=O) groups excluding carboxylic acids is 1. The highest BCUT2D eigenvalue weighted by Gasteiger charge is 2.47. The Morgan fingerprint density at radius 1 is 1.32 bits per heavy atom. The van der Waals surface area contributed by atoms with E-state index < -0.39 is 36.9 Å². The highest BCUT2D eigenvalue weighted by atomic mass is 19.3. The maximum Gasteiger partial charge on any atom is 0.230 e. The number of benzene rings is 1. The number of nitrogen functional groups attached to an aromatic ring is 1. The highest BCUT2D eigenvalue weighted by Crippen LogP contribution is 2.34. The molecule has 1 fully saturated rings. The van der Waals surface area contributed by atoms with Crippen LogP contribution in [0.15, 0.2) is 36.7 Å². The molecule has 0 spiro atoms. The van der Waals surface area contributed by atoms with E-state index in [2.05, 4.69) is 19.9 Å². The SMILES string of the molecule is Nc1nc(C(=O)c2ccccc2)nc2c1ncn2[C@@H]1O[C@H](CO)[C@@H](O)[C@H]1OF. The molecule has 1 aliphatic heterocycles. The molecule has 1 aromatic carbocycles. The number of rotatable bonds is 5. The van der Waals surface area contributed by atoms with E-state index in [-0.39, 0.29) is 22.8 Å². The molecule has 0 saturated carbocycles. The van der Waals surface area contributed by atoms with E-state index in [1.165, 1.54) is 10.9 Å². The monoisotopic (exact) mass is 389 g/mol. The Morgan fingerprint density at radius 2 is 2.07 bits per heavy atom. The van der Waals surface area contributed by atoms with Gasteiger partial charge >= 0.3 is 0 Å². The third-order valence-electron chi connectivity index (χ3n) is 4.56. The molecular formula is C17H16FN5O5. The van der Waals surface area contributed by atoms with Crippen LogP contribution in [0.2, 0.25) is 0 Å². The largest absolute Gasteiger partial charge is 0.394 e. The van der Waals surface area contributed by atoms with Crippen LogP contribution in [0, 0.1) is 0 Å². The third kappa shape index (κ3) is 2.90. The van der Waals surface area contributed by atoms with E-state index in [1.807, 2.05) is 0 Å². The lowest BCUT2D eigenvalue weighted by Crippen LogP contribution is -2.33. The van der Waals surface area contributed by atoms with Crippen LogP contribution in [0.4, 0.5) is 10.3 Å². The van der Waals surface area contributed by atoms with E-state index in [9.17, 15) is 19.5 Å². The van der Waals surface area contributed by atoms with Crippen molar-refractivity contribution in [3.63, 3.8) is 0 Å². The van der Waals surface area contributed by atoms with Gasteiger partial charge in [0.1, 0.15) is 17.7 Å². The Kier molecular flexibility index (Phi) is 4.73. The Hall–Kier alpha value is -2.99. The summed E-state index contributed by atoms with van der Waals surface area (Å²) in [7, 11) is 0. The maximum absolute atomic E-state index is 13.0. The van der Waals surface area contributed by atoms with Gasteiger partial charge < -0.3 is 20.7 Å². The third-order valence-corrected chi connectivity index (χ3v) is 4.56. The molecule has 1 saturated heterocycles. The number of ether oxygens (including phenoxy) is 1. The molecule has 10 nitrogen and oxygen atoms in total. The van der Waals surface area contributed by atoms with Crippen molar-refractivity contribution in [1.82, 2.24) is 19.5 Å². The van der Waals surface area contributed by atoms with Crippen molar-refractivity contribution >= 4 is 22.8 Å². The number of imidazole rings is 1. The molecule has 0 aliphatic carbocycles. The summed E-state index contributed by atoms with van der Waals surface area (Å²) in [6, 6.07) is 8.38. The quantitative estimate of drug-likeness (QED) is 0.519. The minimum absolute atomic E-state index is 0.0435. The van der Waals surface area contributed by atoms with Gasteiger partial charge in [0.25, 0.3) is 0 Å². The number of nitrogens with zero attached hydrogens (tertiary/aromatic N) is 4. The van der Waals surface area contributed by atoms with Gasteiger partial charge in [-0.1, -0.05) is 30.3 Å². The molecule has 0 amide bonds. The van der Waals surface area contributed by atoms with Crippen molar-refractivity contribution in [3.8, 4) is 0 Å². The van der Waals surface area contributed by atoms with Crippen LogP contribution in [-0.4, -0.2) is 60.4 Å². The van der Waals surface area contributed by atoms with Crippen molar-refractivity contribution in [1.29, 1.82) is 0 Å². The lowest BCUT2D eigenvalue weighted by Gasteiger charge is -2.17. The Morgan fingerprint density at radius 3 is 2.75 bits per heavy atom. The molecular weight excluding hydrogens is 373 g/mol. The minimum atomic E-state index is -1.43. The Labute approximate surface area is 157 Å². The van der Waals surface area contributed by atoms with Crippen molar-refractivity contribution in [2.75, 3.05) is 12.3 Å². The van der Waals surface area contributed by atoms with Crippen LogP contribution in [0.1, 0.15) is 22.4 Å². The molecule has 4 N–H and O–H groups in total. The Bertz CT molecular complexity index is 1010. The summed E-state index contributed by atoms with van der Waals surface area (Å²) in [5.74, 6) is -0.674. The fourth-order valence-electron chi connectivity index (χ4n) is 3.13. The van der Waals surface area contributed by atoms with Crippen LogP contribution in [0.5, 0.6) is 0 Å². The zero-order chi connectivity index (χ0) is 19.8. The van der Waals surface area contributed by atoms with Crippen molar-refractivity contribution in [2.45, 2.75) is 24.5 Å². The van der Waals surface area contributed by atoms with Crippen LogP contribution < -0.4 is 5.73 Å². The number of nitrogens with two attached hydrogens (primary N) is 1. The number of fused-ring (bicyclic) bond motifs is 1. The summed E-state index contributed by atoms with van der Waals surface area (Å²) in [6.07, 6.45) is -3.83. The fraction of sp³-hybridized carbons (Fsp3) is 0.294. The standard InChI is InChI=1S/C17H16FN5O5/c18-28-13-12(26)9(6-24)27-17(13)23-7-20-10-14(19)21-15(22-16(10)23)11(25)8-4-2-1-3-5-8/h1-5,7,9,12-13,17,24,26H,6H2,(H2,19,21,22)/t9-,12-,13-,17-/m1/s1. The van der Waals surface area contributed by atoms with Crippen LogP contribution in [0.25, 0.3) is 11.2 Å². The number of aromatic nitrogens is 4. The van der Waals surface area contributed by atoms with Gasteiger partial charge in [-0.05, 0) is 4.53 Å².